The lowest BCUT2D eigenvalue weighted by atomic mass is 10.1. The second kappa shape index (κ2) is 6.80. The Kier molecular flexibility index (Phi) is 4.47. The molecule has 9 heteroatoms. The van der Waals surface area contributed by atoms with E-state index < -0.39 is 12.0 Å². The molecule has 0 bridgehead atoms. The Bertz CT molecular complexity index is 924. The molecule has 0 radical (unpaired) electrons. The van der Waals surface area contributed by atoms with E-state index in [1.54, 1.807) is 6.07 Å². The van der Waals surface area contributed by atoms with Gasteiger partial charge in [-0.3, -0.25) is 4.90 Å². The van der Waals surface area contributed by atoms with Crippen LogP contribution in [-0.2, 0) is 12.7 Å². The van der Waals surface area contributed by atoms with Gasteiger partial charge in [0.2, 0.25) is 0 Å². The van der Waals surface area contributed by atoms with Crippen LogP contribution in [0.2, 0.25) is 0 Å². The topological polar surface area (TPSA) is 49.6 Å². The fourth-order valence-corrected chi connectivity index (χ4v) is 3.38. The summed E-state index contributed by atoms with van der Waals surface area (Å²) in [5.41, 5.74) is 1.33. The van der Waals surface area contributed by atoms with Crippen LogP contribution in [0.3, 0.4) is 0 Å². The number of alkyl halides is 3. The maximum Gasteiger partial charge on any atom is 0.453 e. The van der Waals surface area contributed by atoms with E-state index in [0.29, 0.717) is 18.9 Å². The molecule has 3 heterocycles. The molecule has 6 nitrogen and oxygen atoms in total. The van der Waals surface area contributed by atoms with Gasteiger partial charge in [0.15, 0.2) is 5.65 Å². The number of nitrogens with zero attached hydrogens (tertiary/aromatic N) is 6. The number of halogens is 3. The number of hydrogen-bond donors (Lipinski definition) is 0. The predicted molar refractivity (Wildman–Crippen MR) is 94.3 cm³/mol. The summed E-state index contributed by atoms with van der Waals surface area (Å²) in [6.45, 7) is 5.16. The summed E-state index contributed by atoms with van der Waals surface area (Å²) < 4.78 is 40.0. The van der Waals surface area contributed by atoms with Crippen molar-refractivity contribution in [1.29, 1.82) is 0 Å². The third-order valence-electron chi connectivity index (χ3n) is 4.82. The highest BCUT2D eigenvalue weighted by Gasteiger charge is 2.38. The standard InChI is InChI=1S/C18H19F3N6/c1-13-11-26(10-9-25(13)12-14-5-3-2-4-6-14)16-8-7-15-22-23-17(18(19,20)21)27(15)24-16/h2-8,13H,9-12H2,1H3/t13-/m0/s1. The van der Waals surface area contributed by atoms with Gasteiger partial charge in [-0.2, -0.15) is 17.7 Å². The third-order valence-corrected chi connectivity index (χ3v) is 4.82. The molecule has 0 unspecified atom stereocenters. The first-order chi connectivity index (χ1) is 12.9. The number of rotatable bonds is 3. The van der Waals surface area contributed by atoms with Crippen LogP contribution in [0.25, 0.3) is 5.65 Å². The number of anilines is 1. The van der Waals surface area contributed by atoms with Crippen LogP contribution in [-0.4, -0.2) is 50.4 Å². The van der Waals surface area contributed by atoms with Gasteiger partial charge in [-0.25, -0.2) is 0 Å². The average molecular weight is 376 g/mol. The van der Waals surface area contributed by atoms with Crippen LogP contribution < -0.4 is 4.90 Å². The van der Waals surface area contributed by atoms with Crippen LogP contribution in [0.15, 0.2) is 42.5 Å². The van der Waals surface area contributed by atoms with Crippen molar-refractivity contribution in [2.75, 3.05) is 24.5 Å². The summed E-state index contributed by atoms with van der Waals surface area (Å²) in [6.07, 6.45) is -4.59. The van der Waals surface area contributed by atoms with Crippen molar-refractivity contribution in [3.63, 3.8) is 0 Å². The normalized spacial score (nSPS) is 19.0. The van der Waals surface area contributed by atoms with Crippen LogP contribution in [0.1, 0.15) is 18.3 Å². The molecule has 142 valence electrons. The molecular formula is C18H19F3N6. The van der Waals surface area contributed by atoms with E-state index in [-0.39, 0.29) is 11.7 Å². The quantitative estimate of drug-likeness (QED) is 0.704. The number of hydrogen-bond acceptors (Lipinski definition) is 5. The maximum absolute atomic E-state index is 13.1. The summed E-state index contributed by atoms with van der Waals surface area (Å²) in [7, 11) is 0. The minimum atomic E-state index is -4.59. The largest absolute Gasteiger partial charge is 0.453 e. The fraction of sp³-hybridized carbons (Fsp3) is 0.389. The van der Waals surface area contributed by atoms with E-state index in [9.17, 15) is 13.2 Å². The Morgan fingerprint density at radius 3 is 2.52 bits per heavy atom. The smallest absolute Gasteiger partial charge is 0.352 e. The minimum Gasteiger partial charge on any atom is -0.352 e. The Morgan fingerprint density at radius 1 is 1.04 bits per heavy atom. The zero-order valence-electron chi connectivity index (χ0n) is 14.8. The highest BCUT2D eigenvalue weighted by Crippen LogP contribution is 2.28. The molecule has 1 fully saturated rings. The lowest BCUT2D eigenvalue weighted by Crippen LogP contribution is -2.51. The third kappa shape index (κ3) is 3.59. The molecule has 1 aliphatic heterocycles. The first kappa shape index (κ1) is 17.7. The first-order valence-corrected chi connectivity index (χ1v) is 8.74. The number of fused-ring (bicyclic) bond motifs is 1. The van der Waals surface area contributed by atoms with Crippen LogP contribution >= 0.6 is 0 Å². The number of aromatic nitrogens is 4. The lowest BCUT2D eigenvalue weighted by molar-refractivity contribution is -0.146. The second-order valence-electron chi connectivity index (χ2n) is 6.73. The zero-order chi connectivity index (χ0) is 19.0. The van der Waals surface area contributed by atoms with E-state index >= 15 is 0 Å². The van der Waals surface area contributed by atoms with Gasteiger partial charge in [0.05, 0.1) is 0 Å². The molecule has 4 rings (SSSR count). The van der Waals surface area contributed by atoms with Gasteiger partial charge in [0.25, 0.3) is 5.82 Å². The predicted octanol–water partition coefficient (Wildman–Crippen LogP) is 2.85. The van der Waals surface area contributed by atoms with Gasteiger partial charge in [-0.05, 0) is 24.6 Å². The van der Waals surface area contributed by atoms with Crippen LogP contribution in [0.4, 0.5) is 19.0 Å². The summed E-state index contributed by atoms with van der Waals surface area (Å²) in [6, 6.07) is 13.7. The highest BCUT2D eigenvalue weighted by molar-refractivity contribution is 5.46. The van der Waals surface area contributed by atoms with E-state index in [2.05, 4.69) is 39.3 Å². The highest BCUT2D eigenvalue weighted by atomic mass is 19.4. The second-order valence-corrected chi connectivity index (χ2v) is 6.73. The van der Waals surface area contributed by atoms with Crippen LogP contribution in [0.5, 0.6) is 0 Å². The van der Waals surface area contributed by atoms with Crippen molar-refractivity contribution in [2.24, 2.45) is 0 Å². The summed E-state index contributed by atoms with van der Waals surface area (Å²) in [5, 5.41) is 10.9. The summed E-state index contributed by atoms with van der Waals surface area (Å²) in [4.78, 5) is 4.37. The lowest BCUT2D eigenvalue weighted by Gasteiger charge is -2.40. The van der Waals surface area contributed by atoms with Gasteiger partial charge in [0, 0.05) is 32.2 Å². The average Bonchev–Trinajstić information content (AvgIpc) is 3.08. The molecule has 1 aromatic carbocycles. The van der Waals surface area contributed by atoms with Gasteiger partial charge in [-0.15, -0.1) is 15.3 Å². The monoisotopic (exact) mass is 376 g/mol. The molecule has 1 saturated heterocycles. The van der Waals surface area contributed by atoms with Gasteiger partial charge in [0.1, 0.15) is 5.82 Å². The molecule has 1 aliphatic rings. The molecule has 0 saturated carbocycles. The molecular weight excluding hydrogens is 357 g/mol. The number of piperazine rings is 1. The number of benzene rings is 1. The Hall–Kier alpha value is -2.68. The fourth-order valence-electron chi connectivity index (χ4n) is 3.38. The molecule has 2 aromatic heterocycles. The molecule has 3 aromatic rings. The molecule has 0 spiro atoms. The molecule has 0 amide bonds. The molecule has 0 N–H and O–H groups in total. The molecule has 27 heavy (non-hydrogen) atoms. The summed E-state index contributed by atoms with van der Waals surface area (Å²) >= 11 is 0. The first-order valence-electron chi connectivity index (χ1n) is 8.74. The van der Waals surface area contributed by atoms with Crippen molar-refractivity contribution >= 4 is 11.5 Å². The SMILES string of the molecule is C[C@H]1CN(c2ccc3nnc(C(F)(F)F)n3n2)CCN1Cc1ccccc1. The maximum atomic E-state index is 13.1. The Balaban J connectivity index is 1.52. The van der Waals surface area contributed by atoms with Crippen molar-refractivity contribution < 1.29 is 13.2 Å². The van der Waals surface area contributed by atoms with Gasteiger partial charge in [-0.1, -0.05) is 30.3 Å². The van der Waals surface area contributed by atoms with Crippen molar-refractivity contribution in [2.45, 2.75) is 25.7 Å². The molecule has 1 atom stereocenters. The van der Waals surface area contributed by atoms with Gasteiger partial charge >= 0.3 is 6.18 Å². The molecule has 0 aliphatic carbocycles. The van der Waals surface area contributed by atoms with Crippen molar-refractivity contribution in [3.8, 4) is 0 Å². The van der Waals surface area contributed by atoms with E-state index in [0.717, 1.165) is 17.6 Å². The van der Waals surface area contributed by atoms with Crippen molar-refractivity contribution in [1.82, 2.24) is 24.7 Å². The zero-order valence-corrected chi connectivity index (χ0v) is 14.8. The van der Waals surface area contributed by atoms with E-state index in [4.69, 9.17) is 0 Å². The van der Waals surface area contributed by atoms with Crippen LogP contribution in [0, 0.1) is 0 Å². The Labute approximate surface area is 154 Å². The Morgan fingerprint density at radius 2 is 1.81 bits per heavy atom. The van der Waals surface area contributed by atoms with Gasteiger partial charge < -0.3 is 4.90 Å². The van der Waals surface area contributed by atoms with Crippen molar-refractivity contribution in [3.05, 3.63) is 53.9 Å². The minimum absolute atomic E-state index is 0.0850. The van der Waals surface area contributed by atoms with E-state index in [1.165, 1.54) is 11.6 Å². The summed E-state index contributed by atoms with van der Waals surface area (Å²) in [5.74, 6) is -0.603. The van der Waals surface area contributed by atoms with E-state index in [1.807, 2.05) is 23.1 Å².